The lowest BCUT2D eigenvalue weighted by Crippen LogP contribution is -2.20. The molecule has 5 aromatic rings. The van der Waals surface area contributed by atoms with E-state index in [1.807, 2.05) is 36.4 Å². The minimum Gasteiger partial charge on any atom is -0.504 e. The normalized spacial score (nSPS) is 13.8. The van der Waals surface area contributed by atoms with E-state index in [1.165, 1.54) is 13.4 Å². The average Bonchev–Trinajstić information content (AvgIpc) is 2.93. The van der Waals surface area contributed by atoms with E-state index in [-0.39, 0.29) is 17.4 Å². The molecule has 0 spiro atoms. The van der Waals surface area contributed by atoms with Crippen molar-refractivity contribution in [2.45, 2.75) is 5.92 Å². The van der Waals surface area contributed by atoms with Gasteiger partial charge in [0, 0.05) is 22.6 Å². The lowest BCUT2D eigenvalue weighted by molar-refractivity contribution is 0.372. The third-order valence-corrected chi connectivity index (χ3v) is 6.32. The Hall–Kier alpha value is -5.05. The van der Waals surface area contributed by atoms with E-state index >= 15 is 0 Å². The number of nitrogens with one attached hydrogen (secondary N) is 1. The number of aromatic nitrogens is 2. The number of benzene rings is 3. The van der Waals surface area contributed by atoms with Gasteiger partial charge < -0.3 is 29.1 Å². The van der Waals surface area contributed by atoms with E-state index < -0.39 is 11.5 Å². The molecule has 0 fully saturated rings. The molecule has 1 aliphatic rings. The molecule has 2 N–H and O–H groups in total. The van der Waals surface area contributed by atoms with Crippen molar-refractivity contribution < 1.29 is 23.7 Å². The highest BCUT2D eigenvalue weighted by Gasteiger charge is 2.37. The smallest absolute Gasteiger partial charge is 0.380 e. The van der Waals surface area contributed by atoms with E-state index in [2.05, 4.69) is 15.3 Å². The predicted molar refractivity (Wildman–Crippen MR) is 136 cm³/mol. The average molecular weight is 495 g/mol. The maximum absolute atomic E-state index is 13.1. The molecule has 0 amide bonds. The standard InChI is InChI=1S/C28H21N3O6/c1-34-17-10-8-16(9-11-17)31-26-24-22(15-7-12-19(32)21(13-15)35-2)23-18-5-3-4-6-20(18)36-28(33)25(23)37-27(24)30-14-29-26/h3-14,22,32H,1-2H3,(H,29,30,31). The summed E-state index contributed by atoms with van der Waals surface area (Å²) >= 11 is 0. The number of hydrogen-bond donors (Lipinski definition) is 2. The fourth-order valence-electron chi connectivity index (χ4n) is 4.62. The van der Waals surface area contributed by atoms with Crippen LogP contribution in [0.25, 0.3) is 11.0 Å². The molecule has 0 radical (unpaired) electrons. The summed E-state index contributed by atoms with van der Waals surface area (Å²) in [6.07, 6.45) is 1.37. The highest BCUT2D eigenvalue weighted by molar-refractivity contribution is 5.86. The highest BCUT2D eigenvalue weighted by Crippen LogP contribution is 2.51. The van der Waals surface area contributed by atoms with Crippen LogP contribution in [0.3, 0.4) is 0 Å². The molecule has 9 heteroatoms. The van der Waals surface area contributed by atoms with Gasteiger partial charge in [-0.2, -0.15) is 0 Å². The Morgan fingerprint density at radius 1 is 0.946 bits per heavy atom. The van der Waals surface area contributed by atoms with Gasteiger partial charge in [0.2, 0.25) is 11.6 Å². The molecule has 2 aromatic heterocycles. The van der Waals surface area contributed by atoms with Crippen LogP contribution < -0.4 is 25.2 Å². The summed E-state index contributed by atoms with van der Waals surface area (Å²) in [6.45, 7) is 0. The van der Waals surface area contributed by atoms with Gasteiger partial charge in [0.15, 0.2) is 11.5 Å². The summed E-state index contributed by atoms with van der Waals surface area (Å²) in [5.41, 5.74) is 2.55. The summed E-state index contributed by atoms with van der Waals surface area (Å²) in [5.74, 6) is 1.23. The van der Waals surface area contributed by atoms with Crippen LogP contribution in [0.4, 0.5) is 11.5 Å². The maximum atomic E-state index is 13.1. The first kappa shape index (κ1) is 22.4. The van der Waals surface area contributed by atoms with Crippen LogP contribution in [-0.2, 0) is 0 Å². The Bertz CT molecular complexity index is 1700. The van der Waals surface area contributed by atoms with Gasteiger partial charge in [-0.1, -0.05) is 24.3 Å². The number of phenols is 1. The molecular weight excluding hydrogens is 474 g/mol. The largest absolute Gasteiger partial charge is 0.504 e. The van der Waals surface area contributed by atoms with Gasteiger partial charge in [-0.25, -0.2) is 14.8 Å². The zero-order chi connectivity index (χ0) is 25.5. The van der Waals surface area contributed by atoms with Crippen molar-refractivity contribution in [1.82, 2.24) is 9.97 Å². The van der Waals surface area contributed by atoms with E-state index in [0.29, 0.717) is 33.7 Å². The van der Waals surface area contributed by atoms with Crippen LogP contribution in [-0.4, -0.2) is 29.3 Å². The topological polar surface area (TPSA) is 116 Å². The van der Waals surface area contributed by atoms with Crippen molar-refractivity contribution in [3.63, 3.8) is 0 Å². The second-order valence-electron chi connectivity index (χ2n) is 8.39. The molecule has 0 saturated heterocycles. The second kappa shape index (κ2) is 8.87. The van der Waals surface area contributed by atoms with Crippen molar-refractivity contribution in [3.8, 4) is 28.9 Å². The molecule has 3 aromatic carbocycles. The molecule has 3 heterocycles. The number of rotatable bonds is 5. The van der Waals surface area contributed by atoms with Gasteiger partial charge in [-0.3, -0.25) is 0 Å². The van der Waals surface area contributed by atoms with Crippen LogP contribution in [0.5, 0.6) is 28.9 Å². The van der Waals surface area contributed by atoms with Gasteiger partial charge in [-0.05, 0) is 48.0 Å². The number of methoxy groups -OCH3 is 2. The van der Waals surface area contributed by atoms with Gasteiger partial charge in [0.1, 0.15) is 23.5 Å². The summed E-state index contributed by atoms with van der Waals surface area (Å²) in [7, 11) is 3.09. The van der Waals surface area contributed by atoms with E-state index in [0.717, 1.165) is 17.0 Å². The molecule has 6 rings (SSSR count). The van der Waals surface area contributed by atoms with E-state index in [9.17, 15) is 9.90 Å². The maximum Gasteiger partial charge on any atom is 0.380 e. The van der Waals surface area contributed by atoms with Crippen LogP contribution in [0, 0.1) is 0 Å². The number of aromatic hydroxyl groups is 1. The monoisotopic (exact) mass is 495 g/mol. The number of para-hydroxylation sites is 1. The third kappa shape index (κ3) is 3.77. The van der Waals surface area contributed by atoms with Crippen molar-refractivity contribution in [1.29, 1.82) is 0 Å². The summed E-state index contributed by atoms with van der Waals surface area (Å²) in [6, 6.07) is 19.7. The SMILES string of the molecule is COc1ccc(Nc2ncnc3c2C(c2ccc(O)c(OC)c2)c2c(c(=O)oc4ccccc24)O3)cc1. The van der Waals surface area contributed by atoms with Crippen LogP contribution in [0.1, 0.15) is 22.6 Å². The number of nitrogens with zero attached hydrogens (tertiary/aromatic N) is 2. The fourth-order valence-corrected chi connectivity index (χ4v) is 4.62. The molecule has 9 nitrogen and oxygen atoms in total. The number of hydrogen-bond acceptors (Lipinski definition) is 9. The van der Waals surface area contributed by atoms with Crippen molar-refractivity contribution in [2.24, 2.45) is 0 Å². The number of phenolic OH excluding ortho intramolecular Hbond substituents is 1. The minimum absolute atomic E-state index is 0.00270. The fraction of sp³-hybridized carbons (Fsp3) is 0.107. The Morgan fingerprint density at radius 2 is 1.76 bits per heavy atom. The van der Waals surface area contributed by atoms with Gasteiger partial charge >= 0.3 is 5.63 Å². The Morgan fingerprint density at radius 3 is 2.54 bits per heavy atom. The second-order valence-corrected chi connectivity index (χ2v) is 8.39. The molecule has 0 saturated carbocycles. The van der Waals surface area contributed by atoms with E-state index in [4.69, 9.17) is 18.6 Å². The lowest BCUT2D eigenvalue weighted by Gasteiger charge is -2.29. The predicted octanol–water partition coefficient (Wildman–Crippen LogP) is 5.34. The molecule has 0 bridgehead atoms. The van der Waals surface area contributed by atoms with Crippen LogP contribution in [0.2, 0.25) is 0 Å². The number of anilines is 2. The zero-order valence-electron chi connectivity index (χ0n) is 19.9. The Balaban J connectivity index is 1.62. The molecule has 37 heavy (non-hydrogen) atoms. The van der Waals surface area contributed by atoms with Crippen molar-refractivity contribution in [3.05, 3.63) is 100 Å². The molecule has 184 valence electrons. The molecule has 1 atom stereocenters. The van der Waals surface area contributed by atoms with Crippen molar-refractivity contribution in [2.75, 3.05) is 19.5 Å². The summed E-state index contributed by atoms with van der Waals surface area (Å²) in [5, 5.41) is 14.3. The summed E-state index contributed by atoms with van der Waals surface area (Å²) in [4.78, 5) is 21.9. The molecule has 1 unspecified atom stereocenters. The van der Waals surface area contributed by atoms with Gasteiger partial charge in [-0.15, -0.1) is 0 Å². The quantitative estimate of drug-likeness (QED) is 0.306. The van der Waals surface area contributed by atoms with E-state index in [1.54, 1.807) is 37.4 Å². The van der Waals surface area contributed by atoms with Crippen LogP contribution in [0.15, 0.2) is 82.3 Å². The first-order valence-electron chi connectivity index (χ1n) is 11.4. The van der Waals surface area contributed by atoms with Crippen molar-refractivity contribution >= 4 is 22.5 Å². The lowest BCUT2D eigenvalue weighted by atomic mass is 9.82. The molecule has 0 aliphatic carbocycles. The zero-order valence-corrected chi connectivity index (χ0v) is 19.9. The Labute approximate surface area is 210 Å². The first-order chi connectivity index (χ1) is 18.1. The third-order valence-electron chi connectivity index (χ3n) is 6.32. The minimum atomic E-state index is -0.613. The van der Waals surface area contributed by atoms with Gasteiger partial charge in [0.05, 0.1) is 19.8 Å². The Kier molecular flexibility index (Phi) is 5.37. The number of fused-ring (bicyclic) bond motifs is 4. The number of ether oxygens (including phenoxy) is 3. The molecule has 1 aliphatic heterocycles. The molecular formula is C28H21N3O6. The first-order valence-corrected chi connectivity index (χ1v) is 11.4. The highest BCUT2D eigenvalue weighted by atomic mass is 16.5. The van der Waals surface area contributed by atoms with Gasteiger partial charge in [0.25, 0.3) is 0 Å². The summed E-state index contributed by atoms with van der Waals surface area (Å²) < 4.78 is 22.3. The van der Waals surface area contributed by atoms with Crippen LogP contribution >= 0.6 is 0 Å².